The highest BCUT2D eigenvalue weighted by Gasteiger charge is 2.30. The summed E-state index contributed by atoms with van der Waals surface area (Å²) in [5.41, 5.74) is 4.23. The third-order valence-electron chi connectivity index (χ3n) is 7.36. The fourth-order valence-corrected chi connectivity index (χ4v) is 5.48. The van der Waals surface area contributed by atoms with Crippen molar-refractivity contribution in [3.8, 4) is 0 Å². The van der Waals surface area contributed by atoms with Gasteiger partial charge in [0.05, 0.1) is 21.7 Å². The Bertz CT molecular complexity index is 1350. The zero-order chi connectivity index (χ0) is 26.1. The first-order chi connectivity index (χ1) is 17.1. The number of hydrogen-bond acceptors (Lipinski definition) is 4. The number of aromatic nitrogens is 2. The molecule has 192 valence electrons. The molecule has 0 aliphatic carbocycles. The van der Waals surface area contributed by atoms with E-state index in [0.717, 1.165) is 48.3 Å². The van der Waals surface area contributed by atoms with Crippen LogP contribution in [-0.2, 0) is 4.79 Å². The van der Waals surface area contributed by atoms with E-state index in [1.54, 1.807) is 6.92 Å². The Hall–Kier alpha value is -2.91. The molecule has 1 aliphatic rings. The van der Waals surface area contributed by atoms with E-state index in [1.807, 2.05) is 66.7 Å². The monoisotopic (exact) mass is 555 g/mol. The molecular formula is C27H34BrN5O3. The minimum absolute atomic E-state index is 0.0162. The fourth-order valence-electron chi connectivity index (χ4n) is 5.18. The van der Waals surface area contributed by atoms with Gasteiger partial charge in [0.25, 0.3) is 11.5 Å². The van der Waals surface area contributed by atoms with Crippen molar-refractivity contribution in [2.75, 3.05) is 13.1 Å². The van der Waals surface area contributed by atoms with Crippen molar-refractivity contribution in [3.05, 3.63) is 75.0 Å². The van der Waals surface area contributed by atoms with Crippen LogP contribution in [0, 0.1) is 26.7 Å². The van der Waals surface area contributed by atoms with E-state index in [0.29, 0.717) is 17.0 Å². The summed E-state index contributed by atoms with van der Waals surface area (Å²) in [7, 11) is 0. The van der Waals surface area contributed by atoms with Crippen LogP contribution in [0.5, 0.6) is 0 Å². The summed E-state index contributed by atoms with van der Waals surface area (Å²) >= 11 is 3.36. The van der Waals surface area contributed by atoms with Crippen LogP contribution in [0.2, 0.25) is 0 Å². The van der Waals surface area contributed by atoms with Gasteiger partial charge < -0.3 is 14.6 Å². The van der Waals surface area contributed by atoms with Crippen LogP contribution < -0.4 is 16.2 Å². The van der Waals surface area contributed by atoms with Crippen molar-refractivity contribution < 1.29 is 9.59 Å². The molecule has 36 heavy (non-hydrogen) atoms. The minimum Gasteiger partial charge on any atom is -0.343 e. The quantitative estimate of drug-likeness (QED) is 0.452. The van der Waals surface area contributed by atoms with Crippen LogP contribution in [0.25, 0.3) is 5.52 Å². The van der Waals surface area contributed by atoms with Crippen LogP contribution in [0.15, 0.2) is 41.5 Å². The first-order valence-corrected chi connectivity index (χ1v) is 13.1. The Balaban J connectivity index is 1.64. The zero-order valence-electron chi connectivity index (χ0n) is 21.5. The summed E-state index contributed by atoms with van der Waals surface area (Å²) in [5, 5.41) is 6.67. The highest BCUT2D eigenvalue weighted by Crippen LogP contribution is 2.24. The molecule has 4 heterocycles. The average molecular weight is 557 g/mol. The van der Waals surface area contributed by atoms with Gasteiger partial charge in [-0.3, -0.25) is 19.7 Å². The molecule has 2 amide bonds. The van der Waals surface area contributed by atoms with Gasteiger partial charge in [0.2, 0.25) is 5.91 Å². The summed E-state index contributed by atoms with van der Waals surface area (Å²) in [6.45, 7) is 10.8. The Morgan fingerprint density at radius 1 is 1.11 bits per heavy atom. The molecule has 0 radical (unpaired) electrons. The Morgan fingerprint density at radius 3 is 2.47 bits per heavy atom. The number of piperidine rings is 1. The van der Waals surface area contributed by atoms with Crippen molar-refractivity contribution in [1.82, 2.24) is 23.5 Å². The second-order valence-electron chi connectivity index (χ2n) is 9.88. The fraction of sp³-hybridized carbons (Fsp3) is 0.444. The van der Waals surface area contributed by atoms with Gasteiger partial charge in [-0.25, -0.2) is 3.59 Å². The second kappa shape index (κ2) is 10.6. The number of nitrogens with zero attached hydrogens (tertiary/aromatic N) is 3. The van der Waals surface area contributed by atoms with Gasteiger partial charge in [-0.2, -0.15) is 0 Å². The predicted octanol–water partition coefficient (Wildman–Crippen LogP) is 3.85. The zero-order valence-corrected chi connectivity index (χ0v) is 23.1. The Kier molecular flexibility index (Phi) is 7.70. The van der Waals surface area contributed by atoms with Gasteiger partial charge in [0.1, 0.15) is 6.17 Å². The molecule has 0 saturated carbocycles. The van der Waals surface area contributed by atoms with Crippen molar-refractivity contribution >= 4 is 33.5 Å². The molecule has 9 heteroatoms. The largest absolute Gasteiger partial charge is 0.343 e. The topological polar surface area (TPSA) is 87.8 Å². The number of rotatable bonds is 6. The normalized spacial score (nSPS) is 16.2. The predicted molar refractivity (Wildman–Crippen MR) is 144 cm³/mol. The molecule has 0 spiro atoms. The van der Waals surface area contributed by atoms with Crippen molar-refractivity contribution in [2.45, 2.75) is 59.7 Å². The number of carbonyl (C=O) groups is 2. The van der Waals surface area contributed by atoms with Crippen LogP contribution in [0.3, 0.4) is 0 Å². The molecule has 2 N–H and O–H groups in total. The number of nitrogens with one attached hydrogen (secondary N) is 2. The number of amides is 2. The molecular weight excluding hydrogens is 522 g/mol. The first-order valence-electron chi connectivity index (χ1n) is 12.4. The summed E-state index contributed by atoms with van der Waals surface area (Å²) in [4.78, 5) is 40.5. The number of likely N-dealkylation sites (tertiary alicyclic amines) is 1. The highest BCUT2D eigenvalue weighted by atomic mass is 79.9. The van der Waals surface area contributed by atoms with Crippen LogP contribution >= 0.6 is 16.1 Å². The number of hydrogen-bond donors (Lipinski definition) is 2. The molecule has 3 aromatic heterocycles. The van der Waals surface area contributed by atoms with Crippen LogP contribution in [0.1, 0.15) is 65.6 Å². The van der Waals surface area contributed by atoms with Crippen molar-refractivity contribution in [1.29, 1.82) is 0 Å². The van der Waals surface area contributed by atoms with E-state index >= 15 is 0 Å². The molecule has 1 aliphatic heterocycles. The van der Waals surface area contributed by atoms with E-state index in [4.69, 9.17) is 0 Å². The summed E-state index contributed by atoms with van der Waals surface area (Å²) < 4.78 is 3.41. The number of fused-ring (bicyclic) bond motifs is 1. The molecule has 4 rings (SSSR count). The third-order valence-corrected chi connectivity index (χ3v) is 8.24. The summed E-state index contributed by atoms with van der Waals surface area (Å²) in [5.74, 6) is 0.172. The molecule has 3 aromatic rings. The number of halogens is 1. The SMILES string of the molecule is CC(=O)N1CCC(C(C)NC(NC(=O)c2cc3cccn3cc2C)c2c(C)cc(C)n(Br)c2=O)CC1. The van der Waals surface area contributed by atoms with Crippen LogP contribution in [-0.4, -0.2) is 43.8 Å². The van der Waals surface area contributed by atoms with Gasteiger partial charge in [-0.1, -0.05) is 0 Å². The lowest BCUT2D eigenvalue weighted by molar-refractivity contribution is -0.130. The molecule has 8 nitrogen and oxygen atoms in total. The summed E-state index contributed by atoms with van der Waals surface area (Å²) in [6, 6.07) is 7.71. The van der Waals surface area contributed by atoms with E-state index < -0.39 is 6.17 Å². The third kappa shape index (κ3) is 5.27. The van der Waals surface area contributed by atoms with Crippen molar-refractivity contribution in [3.63, 3.8) is 0 Å². The van der Waals surface area contributed by atoms with Gasteiger partial charge in [0.15, 0.2) is 0 Å². The second-order valence-corrected chi connectivity index (χ2v) is 10.6. The van der Waals surface area contributed by atoms with Gasteiger partial charge in [-0.15, -0.1) is 0 Å². The Morgan fingerprint density at radius 2 is 1.81 bits per heavy atom. The van der Waals surface area contributed by atoms with E-state index in [2.05, 4.69) is 33.7 Å². The van der Waals surface area contributed by atoms with Gasteiger partial charge >= 0.3 is 0 Å². The highest BCUT2D eigenvalue weighted by molar-refractivity contribution is 9.08. The first kappa shape index (κ1) is 26.2. The lowest BCUT2D eigenvalue weighted by Gasteiger charge is -2.36. The van der Waals surface area contributed by atoms with Gasteiger partial charge in [-0.05, 0) is 81.8 Å². The lowest BCUT2D eigenvalue weighted by atomic mass is 9.89. The van der Waals surface area contributed by atoms with Crippen LogP contribution in [0.4, 0.5) is 0 Å². The lowest BCUT2D eigenvalue weighted by Crippen LogP contribution is -2.49. The Labute approximate surface area is 220 Å². The van der Waals surface area contributed by atoms with E-state index in [-0.39, 0.29) is 23.4 Å². The van der Waals surface area contributed by atoms with E-state index in [9.17, 15) is 14.4 Å². The maximum Gasteiger partial charge on any atom is 0.267 e. The van der Waals surface area contributed by atoms with Crippen molar-refractivity contribution in [2.24, 2.45) is 5.92 Å². The molecule has 0 bridgehead atoms. The molecule has 0 aromatic carbocycles. The smallest absolute Gasteiger partial charge is 0.267 e. The summed E-state index contributed by atoms with van der Waals surface area (Å²) in [6.07, 6.45) is 4.93. The van der Waals surface area contributed by atoms with E-state index in [1.165, 1.54) is 3.59 Å². The maximum atomic E-state index is 13.5. The number of carbonyl (C=O) groups excluding carboxylic acids is 2. The molecule has 2 atom stereocenters. The molecule has 2 unspecified atom stereocenters. The molecule has 1 saturated heterocycles. The maximum absolute atomic E-state index is 13.5. The standard InChI is InChI=1S/C27H34BrN5O3/c1-16-13-18(3)33(28)27(36)24(16)25(29-19(4)21-8-11-31(12-9-21)20(5)34)30-26(35)23-14-22-7-6-10-32(22)15-17(23)2/h6-7,10,13-15,19,21,25,29H,8-9,11-12H2,1-5H3,(H,30,35). The average Bonchev–Trinajstić information content (AvgIpc) is 3.29. The van der Waals surface area contributed by atoms with Gasteiger partial charge in [0, 0.05) is 55.2 Å². The number of pyridine rings is 2. The number of aryl methyl sites for hydroxylation is 3. The molecule has 1 fully saturated rings. The minimum atomic E-state index is -0.683.